The second kappa shape index (κ2) is 4.65. The summed E-state index contributed by atoms with van der Waals surface area (Å²) < 4.78 is 4.67. The Kier molecular flexibility index (Phi) is 3.24. The minimum atomic E-state index is -0.0446. The molecule has 1 amide bonds. The lowest BCUT2D eigenvalue weighted by Gasteiger charge is -2.33. The quantitative estimate of drug-likeness (QED) is 0.807. The van der Waals surface area contributed by atoms with E-state index in [0.717, 1.165) is 25.9 Å². The fraction of sp³-hybridized carbons (Fsp3) is 0.636. The molecule has 2 N–H and O–H groups in total. The first kappa shape index (κ1) is 11.1. The van der Waals surface area contributed by atoms with Gasteiger partial charge in [-0.2, -0.15) is 0 Å². The van der Waals surface area contributed by atoms with Crippen LogP contribution in [0.3, 0.4) is 0 Å². The molecule has 0 spiro atoms. The van der Waals surface area contributed by atoms with Crippen molar-refractivity contribution < 1.29 is 9.32 Å². The summed E-state index contributed by atoms with van der Waals surface area (Å²) in [6.45, 7) is 3.55. The van der Waals surface area contributed by atoms with Crippen LogP contribution in [0.1, 0.15) is 30.3 Å². The average molecular weight is 223 g/mol. The Balaban J connectivity index is 1.92. The fourth-order valence-electron chi connectivity index (χ4n) is 2.11. The molecule has 0 saturated carbocycles. The van der Waals surface area contributed by atoms with Gasteiger partial charge in [0.2, 0.25) is 0 Å². The maximum Gasteiger partial charge on any atom is 0.276 e. The first-order valence-corrected chi connectivity index (χ1v) is 5.63. The summed E-state index contributed by atoms with van der Waals surface area (Å²) in [5, 5.41) is 3.65. The predicted molar refractivity (Wildman–Crippen MR) is 58.8 cm³/mol. The average Bonchev–Trinajstić information content (AvgIpc) is 2.81. The number of carbonyl (C=O) groups is 1. The third-order valence-corrected chi connectivity index (χ3v) is 3.23. The highest BCUT2D eigenvalue weighted by Gasteiger charge is 2.26. The lowest BCUT2D eigenvalue weighted by molar-refractivity contribution is 0.0670. The van der Waals surface area contributed by atoms with Gasteiger partial charge in [-0.05, 0) is 25.7 Å². The van der Waals surface area contributed by atoms with Crippen molar-refractivity contribution in [3.63, 3.8) is 0 Å². The molecule has 88 valence electrons. The number of piperidine rings is 1. The molecule has 1 fully saturated rings. The van der Waals surface area contributed by atoms with Gasteiger partial charge >= 0.3 is 0 Å². The van der Waals surface area contributed by atoms with Gasteiger partial charge < -0.3 is 15.2 Å². The van der Waals surface area contributed by atoms with Crippen LogP contribution >= 0.6 is 0 Å². The number of aromatic nitrogens is 1. The van der Waals surface area contributed by atoms with Crippen molar-refractivity contribution in [1.29, 1.82) is 0 Å². The summed E-state index contributed by atoms with van der Waals surface area (Å²) in [4.78, 5) is 13.7. The molecule has 0 aliphatic carbocycles. The van der Waals surface area contributed by atoms with E-state index in [1.165, 1.54) is 6.26 Å². The number of nitrogens with two attached hydrogens (primary N) is 1. The van der Waals surface area contributed by atoms with Crippen molar-refractivity contribution in [2.45, 2.75) is 25.8 Å². The molecular weight excluding hydrogens is 206 g/mol. The number of nitrogens with zero attached hydrogens (tertiary/aromatic N) is 2. The lowest BCUT2D eigenvalue weighted by Crippen LogP contribution is -2.42. The first-order chi connectivity index (χ1) is 7.68. The molecule has 1 atom stereocenters. The minimum absolute atomic E-state index is 0.0446. The molecule has 16 heavy (non-hydrogen) atoms. The number of rotatable bonds is 2. The molecule has 2 heterocycles. The second-order valence-corrected chi connectivity index (χ2v) is 4.37. The Labute approximate surface area is 94.6 Å². The van der Waals surface area contributed by atoms with Crippen molar-refractivity contribution in [2.75, 3.05) is 13.1 Å². The maximum absolute atomic E-state index is 11.9. The van der Waals surface area contributed by atoms with E-state index < -0.39 is 0 Å². The molecule has 1 aliphatic rings. The largest absolute Gasteiger partial charge is 0.364 e. The zero-order valence-electron chi connectivity index (χ0n) is 9.43. The highest BCUT2D eigenvalue weighted by atomic mass is 16.5. The smallest absolute Gasteiger partial charge is 0.276 e. The molecule has 2 rings (SSSR count). The van der Waals surface area contributed by atoms with Gasteiger partial charge in [-0.1, -0.05) is 5.16 Å². The summed E-state index contributed by atoms with van der Waals surface area (Å²) >= 11 is 0. The van der Waals surface area contributed by atoms with Gasteiger partial charge in [0.15, 0.2) is 5.69 Å². The maximum atomic E-state index is 11.9. The molecule has 0 bridgehead atoms. The summed E-state index contributed by atoms with van der Waals surface area (Å²) in [5.74, 6) is 0.484. The van der Waals surface area contributed by atoms with E-state index in [0.29, 0.717) is 11.6 Å². The Morgan fingerprint density at radius 1 is 1.62 bits per heavy atom. The first-order valence-electron chi connectivity index (χ1n) is 5.63. The number of carbonyl (C=O) groups excluding carboxylic acids is 1. The zero-order valence-corrected chi connectivity index (χ0v) is 9.43. The van der Waals surface area contributed by atoms with E-state index in [1.807, 2.05) is 11.8 Å². The lowest BCUT2D eigenvalue weighted by atomic mass is 9.91. The molecule has 1 aromatic heterocycles. The van der Waals surface area contributed by atoms with E-state index >= 15 is 0 Å². The third kappa shape index (κ3) is 2.24. The molecule has 1 aliphatic heterocycles. The van der Waals surface area contributed by atoms with Gasteiger partial charge in [0.05, 0.1) is 0 Å². The van der Waals surface area contributed by atoms with Crippen molar-refractivity contribution in [1.82, 2.24) is 10.1 Å². The van der Waals surface area contributed by atoms with Crippen LogP contribution in [0.2, 0.25) is 0 Å². The number of likely N-dealkylation sites (tertiary alicyclic amines) is 1. The van der Waals surface area contributed by atoms with Crippen LogP contribution < -0.4 is 5.73 Å². The van der Waals surface area contributed by atoms with Gasteiger partial charge in [-0.15, -0.1) is 0 Å². The van der Waals surface area contributed by atoms with E-state index in [-0.39, 0.29) is 11.9 Å². The summed E-state index contributed by atoms with van der Waals surface area (Å²) in [7, 11) is 0. The van der Waals surface area contributed by atoms with Gasteiger partial charge in [-0.3, -0.25) is 4.79 Å². The summed E-state index contributed by atoms with van der Waals surface area (Å²) in [6, 6.07) is 1.81. The van der Waals surface area contributed by atoms with Crippen molar-refractivity contribution in [3.8, 4) is 0 Å². The van der Waals surface area contributed by atoms with Crippen LogP contribution in [0.25, 0.3) is 0 Å². The molecule has 1 aromatic rings. The Hall–Kier alpha value is -1.36. The molecule has 1 unspecified atom stereocenters. The molecule has 5 nitrogen and oxygen atoms in total. The Morgan fingerprint density at radius 3 is 2.81 bits per heavy atom. The van der Waals surface area contributed by atoms with E-state index in [4.69, 9.17) is 5.73 Å². The summed E-state index contributed by atoms with van der Waals surface area (Å²) in [6.07, 6.45) is 3.37. The Morgan fingerprint density at radius 2 is 2.31 bits per heavy atom. The van der Waals surface area contributed by atoms with Crippen LogP contribution in [-0.4, -0.2) is 35.1 Å². The molecule has 0 aromatic carbocycles. The van der Waals surface area contributed by atoms with Gasteiger partial charge in [-0.25, -0.2) is 0 Å². The van der Waals surface area contributed by atoms with Crippen LogP contribution in [-0.2, 0) is 0 Å². The molecule has 0 radical (unpaired) electrons. The van der Waals surface area contributed by atoms with E-state index in [1.54, 1.807) is 6.07 Å². The fourth-order valence-corrected chi connectivity index (χ4v) is 2.11. The minimum Gasteiger partial charge on any atom is -0.364 e. The van der Waals surface area contributed by atoms with Crippen LogP contribution in [0.4, 0.5) is 0 Å². The predicted octanol–water partition coefficient (Wildman–Crippen LogP) is 0.874. The molecule has 5 heteroatoms. The highest BCUT2D eigenvalue weighted by Crippen LogP contribution is 2.20. The molecular formula is C11H17N3O2. The third-order valence-electron chi connectivity index (χ3n) is 3.23. The van der Waals surface area contributed by atoms with Crippen molar-refractivity contribution in [3.05, 3.63) is 18.0 Å². The van der Waals surface area contributed by atoms with Crippen molar-refractivity contribution >= 4 is 5.91 Å². The highest BCUT2D eigenvalue weighted by molar-refractivity contribution is 5.92. The van der Waals surface area contributed by atoms with Gasteiger partial charge in [0.25, 0.3) is 5.91 Å². The van der Waals surface area contributed by atoms with E-state index in [9.17, 15) is 4.79 Å². The standard InChI is InChI=1S/C11H17N3O2/c1-8(12)9-2-5-14(6-3-9)11(15)10-4-7-16-13-10/h4,7-9H,2-3,5-6,12H2,1H3. The second-order valence-electron chi connectivity index (χ2n) is 4.37. The summed E-state index contributed by atoms with van der Waals surface area (Å²) in [5.41, 5.74) is 6.24. The number of hydrogen-bond donors (Lipinski definition) is 1. The van der Waals surface area contributed by atoms with E-state index in [2.05, 4.69) is 9.68 Å². The van der Waals surface area contributed by atoms with Gasteiger partial charge in [0.1, 0.15) is 6.26 Å². The Bertz CT molecular complexity index is 340. The zero-order chi connectivity index (χ0) is 11.5. The number of amides is 1. The van der Waals surface area contributed by atoms with Crippen molar-refractivity contribution in [2.24, 2.45) is 11.7 Å². The van der Waals surface area contributed by atoms with Crippen LogP contribution in [0, 0.1) is 5.92 Å². The normalized spacial score (nSPS) is 19.8. The SMILES string of the molecule is CC(N)C1CCN(C(=O)c2ccon2)CC1. The van der Waals surface area contributed by atoms with Crippen LogP contribution in [0.5, 0.6) is 0 Å². The topological polar surface area (TPSA) is 72.4 Å². The number of hydrogen-bond acceptors (Lipinski definition) is 4. The monoisotopic (exact) mass is 223 g/mol. The van der Waals surface area contributed by atoms with Crippen LogP contribution in [0.15, 0.2) is 16.9 Å². The molecule has 1 saturated heterocycles. The van der Waals surface area contributed by atoms with Gasteiger partial charge in [0, 0.05) is 25.2 Å².